The third-order valence-corrected chi connectivity index (χ3v) is 6.81. The van der Waals surface area contributed by atoms with Crippen LogP contribution in [0.2, 0.25) is 0 Å². The molecule has 2 aliphatic rings. The highest BCUT2D eigenvalue weighted by atomic mass is 32.2. The minimum absolute atomic E-state index is 0.00644. The van der Waals surface area contributed by atoms with Crippen LogP contribution in [0.4, 0.5) is 13.2 Å². The summed E-state index contributed by atoms with van der Waals surface area (Å²) in [6.07, 6.45) is -1.08. The van der Waals surface area contributed by atoms with E-state index in [0.29, 0.717) is 12.1 Å². The molecule has 0 spiro atoms. The number of piperazine rings is 1. The number of halogens is 3. The van der Waals surface area contributed by atoms with E-state index in [-0.39, 0.29) is 38.0 Å². The van der Waals surface area contributed by atoms with Crippen molar-refractivity contribution >= 4 is 15.9 Å². The van der Waals surface area contributed by atoms with E-state index in [1.807, 2.05) is 0 Å². The average molecular weight is 433 g/mol. The normalized spacial score (nSPS) is 22.2. The lowest BCUT2D eigenvalue weighted by Gasteiger charge is -2.42. The molecule has 1 atom stereocenters. The van der Waals surface area contributed by atoms with Crippen molar-refractivity contribution in [2.24, 2.45) is 0 Å². The molecule has 2 heterocycles. The van der Waals surface area contributed by atoms with Gasteiger partial charge in [-0.2, -0.15) is 17.5 Å². The number of sulfonamides is 1. The van der Waals surface area contributed by atoms with Crippen molar-refractivity contribution in [3.05, 3.63) is 35.4 Å². The summed E-state index contributed by atoms with van der Waals surface area (Å²) in [4.78, 5) is 16.8. The first kappa shape index (κ1) is 22.0. The van der Waals surface area contributed by atoms with E-state index < -0.39 is 21.8 Å². The van der Waals surface area contributed by atoms with Crippen LogP contribution in [0.3, 0.4) is 0 Å². The first-order valence-electron chi connectivity index (χ1n) is 9.67. The van der Waals surface area contributed by atoms with Crippen LogP contribution >= 0.6 is 0 Å². The molecule has 162 valence electrons. The fourth-order valence-electron chi connectivity index (χ4n) is 3.96. The van der Waals surface area contributed by atoms with E-state index in [1.165, 1.54) is 22.7 Å². The van der Waals surface area contributed by atoms with Gasteiger partial charge in [0.25, 0.3) is 0 Å². The topological polar surface area (TPSA) is 60.9 Å². The lowest BCUT2D eigenvalue weighted by Crippen LogP contribution is -2.59. The van der Waals surface area contributed by atoms with Gasteiger partial charge in [-0.1, -0.05) is 12.1 Å². The van der Waals surface area contributed by atoms with Gasteiger partial charge in [0.15, 0.2) is 0 Å². The summed E-state index contributed by atoms with van der Waals surface area (Å²) in [5.41, 5.74) is -0.240. The fraction of sp³-hybridized carbons (Fsp3) is 0.632. The number of carbonyl (C=O) groups excluding carboxylic acids is 1. The zero-order valence-electron chi connectivity index (χ0n) is 16.4. The predicted octanol–water partition coefficient (Wildman–Crippen LogP) is 1.82. The molecule has 3 rings (SSSR count). The van der Waals surface area contributed by atoms with Crippen LogP contribution in [0.25, 0.3) is 0 Å². The predicted molar refractivity (Wildman–Crippen MR) is 103 cm³/mol. The standard InChI is InChI=1S/C19H26F3N3O3S/c1-29(27,28)24-10-11-25(17(14-24)13-23-8-2-3-9-23)18(26)12-15-4-6-16(7-5-15)19(20,21)22/h4-7,17H,2-3,8-14H2,1H3. The number of likely N-dealkylation sites (tertiary alicyclic amines) is 1. The Bertz CT molecular complexity index is 821. The van der Waals surface area contributed by atoms with Crippen molar-refractivity contribution in [1.82, 2.24) is 14.1 Å². The van der Waals surface area contributed by atoms with Gasteiger partial charge in [0.1, 0.15) is 0 Å². The highest BCUT2D eigenvalue weighted by Gasteiger charge is 2.35. The molecule has 0 saturated carbocycles. The molecule has 1 aromatic carbocycles. The quantitative estimate of drug-likeness (QED) is 0.711. The SMILES string of the molecule is CS(=O)(=O)N1CCN(C(=O)Cc2ccc(C(F)(F)F)cc2)C(CN2CCCC2)C1. The van der Waals surface area contributed by atoms with E-state index in [4.69, 9.17) is 0 Å². The van der Waals surface area contributed by atoms with Crippen LogP contribution in [0.5, 0.6) is 0 Å². The molecule has 0 radical (unpaired) electrons. The van der Waals surface area contributed by atoms with E-state index in [0.717, 1.165) is 38.1 Å². The molecule has 2 saturated heterocycles. The Morgan fingerprint density at radius 2 is 1.69 bits per heavy atom. The number of hydrogen-bond donors (Lipinski definition) is 0. The van der Waals surface area contributed by atoms with Gasteiger partial charge in [-0.15, -0.1) is 0 Å². The molecule has 1 aromatic rings. The Balaban J connectivity index is 1.70. The Kier molecular flexibility index (Phi) is 6.54. The van der Waals surface area contributed by atoms with Crippen LogP contribution in [-0.4, -0.2) is 80.0 Å². The summed E-state index contributed by atoms with van der Waals surface area (Å²) in [7, 11) is -3.35. The number of benzene rings is 1. The summed E-state index contributed by atoms with van der Waals surface area (Å²) in [5.74, 6) is -0.192. The average Bonchev–Trinajstić information content (AvgIpc) is 3.13. The summed E-state index contributed by atoms with van der Waals surface area (Å²) >= 11 is 0. The molecule has 0 bridgehead atoms. The monoisotopic (exact) mass is 433 g/mol. The molecule has 1 amide bonds. The third kappa shape index (κ3) is 5.70. The van der Waals surface area contributed by atoms with Gasteiger partial charge in [-0.25, -0.2) is 8.42 Å². The number of alkyl halides is 3. The van der Waals surface area contributed by atoms with E-state index >= 15 is 0 Å². The first-order chi connectivity index (χ1) is 13.5. The van der Waals surface area contributed by atoms with Crippen LogP contribution in [-0.2, 0) is 27.4 Å². The molecule has 0 aromatic heterocycles. The minimum Gasteiger partial charge on any atom is -0.335 e. The Morgan fingerprint density at radius 3 is 2.24 bits per heavy atom. The third-order valence-electron chi connectivity index (χ3n) is 5.54. The first-order valence-corrected chi connectivity index (χ1v) is 11.5. The molecule has 2 aliphatic heterocycles. The van der Waals surface area contributed by atoms with Crippen molar-refractivity contribution in [2.45, 2.75) is 31.5 Å². The van der Waals surface area contributed by atoms with Gasteiger partial charge >= 0.3 is 6.18 Å². The summed E-state index contributed by atoms with van der Waals surface area (Å²) in [5, 5.41) is 0. The maximum Gasteiger partial charge on any atom is 0.416 e. The zero-order chi connectivity index (χ0) is 21.2. The molecule has 0 aliphatic carbocycles. The summed E-state index contributed by atoms with van der Waals surface area (Å²) < 4.78 is 63.5. The number of amides is 1. The Labute approximate surface area is 169 Å². The molecule has 6 nitrogen and oxygen atoms in total. The second-order valence-corrected chi connectivity index (χ2v) is 9.72. The number of hydrogen-bond acceptors (Lipinski definition) is 4. The van der Waals surface area contributed by atoms with E-state index in [2.05, 4.69) is 4.90 Å². The molecule has 1 unspecified atom stereocenters. The van der Waals surface area contributed by atoms with Gasteiger partial charge < -0.3 is 9.80 Å². The van der Waals surface area contributed by atoms with Crippen molar-refractivity contribution in [1.29, 1.82) is 0 Å². The van der Waals surface area contributed by atoms with Crippen LogP contribution in [0, 0.1) is 0 Å². The minimum atomic E-state index is -4.41. The number of nitrogens with zero attached hydrogens (tertiary/aromatic N) is 3. The fourth-order valence-corrected chi connectivity index (χ4v) is 4.82. The van der Waals surface area contributed by atoms with Crippen LogP contribution in [0.1, 0.15) is 24.0 Å². The summed E-state index contributed by atoms with van der Waals surface area (Å²) in [6.45, 7) is 3.21. The maximum absolute atomic E-state index is 12.9. The Morgan fingerprint density at radius 1 is 1.07 bits per heavy atom. The van der Waals surface area contributed by atoms with E-state index in [9.17, 15) is 26.4 Å². The highest BCUT2D eigenvalue weighted by Crippen LogP contribution is 2.29. The second kappa shape index (κ2) is 8.61. The molecule has 0 N–H and O–H groups in total. The van der Waals surface area contributed by atoms with E-state index in [1.54, 1.807) is 4.90 Å². The van der Waals surface area contributed by atoms with Gasteiger partial charge in [0, 0.05) is 26.2 Å². The van der Waals surface area contributed by atoms with Crippen molar-refractivity contribution < 1.29 is 26.4 Å². The lowest BCUT2D eigenvalue weighted by atomic mass is 10.1. The summed E-state index contributed by atoms with van der Waals surface area (Å²) in [6, 6.07) is 4.34. The second-order valence-electron chi connectivity index (χ2n) is 7.74. The van der Waals surface area contributed by atoms with Crippen LogP contribution in [0.15, 0.2) is 24.3 Å². The smallest absolute Gasteiger partial charge is 0.335 e. The lowest BCUT2D eigenvalue weighted by molar-refractivity contribution is -0.137. The van der Waals surface area contributed by atoms with Gasteiger partial charge in [0.2, 0.25) is 15.9 Å². The molecule has 2 fully saturated rings. The molecule has 29 heavy (non-hydrogen) atoms. The van der Waals surface area contributed by atoms with Gasteiger partial charge in [-0.3, -0.25) is 4.79 Å². The van der Waals surface area contributed by atoms with Crippen molar-refractivity contribution in [2.75, 3.05) is 45.5 Å². The Hall–Kier alpha value is -1.65. The van der Waals surface area contributed by atoms with Crippen LogP contribution < -0.4 is 0 Å². The number of rotatable bonds is 5. The van der Waals surface area contributed by atoms with Gasteiger partial charge in [0.05, 0.1) is 24.3 Å². The molecular formula is C19H26F3N3O3S. The number of carbonyl (C=O) groups is 1. The largest absolute Gasteiger partial charge is 0.416 e. The van der Waals surface area contributed by atoms with Gasteiger partial charge in [-0.05, 0) is 43.6 Å². The van der Waals surface area contributed by atoms with Crippen molar-refractivity contribution in [3.63, 3.8) is 0 Å². The molecule has 10 heteroatoms. The zero-order valence-corrected chi connectivity index (χ0v) is 17.2. The highest BCUT2D eigenvalue weighted by molar-refractivity contribution is 7.88. The maximum atomic E-state index is 12.9. The molecular weight excluding hydrogens is 407 g/mol. The van der Waals surface area contributed by atoms with Crippen molar-refractivity contribution in [3.8, 4) is 0 Å².